The topological polar surface area (TPSA) is 34.5 Å². The van der Waals surface area contributed by atoms with Crippen molar-refractivity contribution in [2.75, 3.05) is 19.7 Å². The van der Waals surface area contributed by atoms with Crippen LogP contribution < -0.4 is 0 Å². The number of aromatic nitrogens is 1. The smallest absolute Gasteiger partial charge is 0.222 e. The Bertz CT molecular complexity index is 435. The van der Waals surface area contributed by atoms with E-state index in [1.54, 1.807) is 0 Å². The Labute approximate surface area is 120 Å². The van der Waals surface area contributed by atoms with E-state index in [-0.39, 0.29) is 5.60 Å². The van der Waals surface area contributed by atoms with Crippen LogP contribution in [0.4, 0.5) is 0 Å². The van der Waals surface area contributed by atoms with Crippen LogP contribution in [0.25, 0.3) is 0 Å². The van der Waals surface area contributed by atoms with E-state index in [0.717, 1.165) is 58.3 Å². The monoisotopic (exact) mass is 276 g/mol. The van der Waals surface area contributed by atoms with Crippen molar-refractivity contribution in [3.05, 3.63) is 24.5 Å². The van der Waals surface area contributed by atoms with Crippen LogP contribution in [0.15, 0.2) is 24.5 Å². The van der Waals surface area contributed by atoms with E-state index in [0.29, 0.717) is 12.3 Å². The van der Waals surface area contributed by atoms with Gasteiger partial charge in [0.05, 0.1) is 5.60 Å². The number of ether oxygens (including phenoxy) is 1. The SMILES string of the molecule is O=C1CC[C@]2(CCCO2)CCN1CCCn1cccc1. The molecular formula is C16H24N2O2. The van der Waals surface area contributed by atoms with E-state index >= 15 is 0 Å². The first-order valence-electron chi connectivity index (χ1n) is 7.80. The number of likely N-dealkylation sites (tertiary alicyclic amines) is 1. The number of amides is 1. The average molecular weight is 276 g/mol. The maximum Gasteiger partial charge on any atom is 0.222 e. The molecule has 1 amide bonds. The second-order valence-corrected chi connectivity index (χ2v) is 6.04. The Morgan fingerprint density at radius 3 is 2.75 bits per heavy atom. The molecule has 1 aromatic heterocycles. The Morgan fingerprint density at radius 2 is 2.00 bits per heavy atom. The maximum absolute atomic E-state index is 12.2. The van der Waals surface area contributed by atoms with Crippen LogP contribution in [0.2, 0.25) is 0 Å². The summed E-state index contributed by atoms with van der Waals surface area (Å²) in [6, 6.07) is 4.08. The van der Waals surface area contributed by atoms with Gasteiger partial charge in [-0.1, -0.05) is 0 Å². The molecule has 0 unspecified atom stereocenters. The number of aryl methyl sites for hydroxylation is 1. The lowest BCUT2D eigenvalue weighted by atomic mass is 9.92. The van der Waals surface area contributed by atoms with Crippen molar-refractivity contribution < 1.29 is 9.53 Å². The zero-order valence-corrected chi connectivity index (χ0v) is 12.1. The molecule has 1 spiro atoms. The van der Waals surface area contributed by atoms with Crippen molar-refractivity contribution in [1.82, 2.24) is 9.47 Å². The molecule has 0 radical (unpaired) electrons. The summed E-state index contributed by atoms with van der Waals surface area (Å²) >= 11 is 0. The van der Waals surface area contributed by atoms with Crippen LogP contribution in [0.3, 0.4) is 0 Å². The molecule has 3 heterocycles. The summed E-state index contributed by atoms with van der Waals surface area (Å²) in [5.41, 5.74) is 0.0187. The molecule has 20 heavy (non-hydrogen) atoms. The van der Waals surface area contributed by atoms with Crippen molar-refractivity contribution in [3.8, 4) is 0 Å². The van der Waals surface area contributed by atoms with Crippen molar-refractivity contribution in [3.63, 3.8) is 0 Å². The van der Waals surface area contributed by atoms with E-state index in [2.05, 4.69) is 17.0 Å². The minimum absolute atomic E-state index is 0.0187. The van der Waals surface area contributed by atoms with Gasteiger partial charge in [0, 0.05) is 45.1 Å². The molecule has 1 atom stereocenters. The first kappa shape index (κ1) is 13.7. The predicted molar refractivity (Wildman–Crippen MR) is 77.4 cm³/mol. The lowest BCUT2D eigenvalue weighted by Crippen LogP contribution is -2.33. The largest absolute Gasteiger partial charge is 0.375 e. The summed E-state index contributed by atoms with van der Waals surface area (Å²) in [5, 5.41) is 0. The highest BCUT2D eigenvalue weighted by Gasteiger charge is 2.38. The fourth-order valence-corrected chi connectivity index (χ4v) is 3.43. The molecule has 0 N–H and O–H groups in total. The van der Waals surface area contributed by atoms with Crippen LogP contribution >= 0.6 is 0 Å². The van der Waals surface area contributed by atoms with Gasteiger partial charge in [-0.05, 0) is 44.2 Å². The predicted octanol–water partition coefficient (Wildman–Crippen LogP) is 2.44. The van der Waals surface area contributed by atoms with Gasteiger partial charge in [0.2, 0.25) is 5.91 Å². The van der Waals surface area contributed by atoms with Crippen LogP contribution in [0, 0.1) is 0 Å². The fourth-order valence-electron chi connectivity index (χ4n) is 3.43. The van der Waals surface area contributed by atoms with Crippen LogP contribution in [-0.4, -0.2) is 40.7 Å². The van der Waals surface area contributed by atoms with Gasteiger partial charge in [-0.3, -0.25) is 4.79 Å². The number of hydrogen-bond acceptors (Lipinski definition) is 2. The summed E-state index contributed by atoms with van der Waals surface area (Å²) in [4.78, 5) is 14.3. The summed E-state index contributed by atoms with van der Waals surface area (Å²) in [5.74, 6) is 0.310. The lowest BCUT2D eigenvalue weighted by molar-refractivity contribution is -0.130. The van der Waals surface area contributed by atoms with Crippen molar-refractivity contribution in [2.24, 2.45) is 0 Å². The fraction of sp³-hybridized carbons (Fsp3) is 0.688. The number of hydrogen-bond donors (Lipinski definition) is 0. The standard InChI is InChI=1S/C16H24N2O2/c19-15-5-7-16(6-3-14-20-16)8-13-18(15)12-4-11-17-9-1-2-10-17/h1-2,9-10H,3-8,11-14H2/t16-/m1/s1. The van der Waals surface area contributed by atoms with E-state index in [4.69, 9.17) is 4.74 Å². The number of carbonyl (C=O) groups excluding carboxylic acids is 1. The highest BCUT2D eigenvalue weighted by molar-refractivity contribution is 5.76. The second-order valence-electron chi connectivity index (χ2n) is 6.04. The quantitative estimate of drug-likeness (QED) is 0.846. The van der Waals surface area contributed by atoms with Crippen molar-refractivity contribution in [2.45, 2.75) is 50.7 Å². The molecule has 2 fully saturated rings. The molecule has 0 saturated carbocycles. The van der Waals surface area contributed by atoms with Crippen molar-refractivity contribution >= 4 is 5.91 Å². The summed E-state index contributed by atoms with van der Waals surface area (Å²) in [6.45, 7) is 3.60. The third kappa shape index (κ3) is 3.06. The molecule has 4 heteroatoms. The van der Waals surface area contributed by atoms with Gasteiger partial charge in [-0.2, -0.15) is 0 Å². The molecular weight excluding hydrogens is 252 g/mol. The van der Waals surface area contributed by atoms with Gasteiger partial charge in [-0.15, -0.1) is 0 Å². The molecule has 110 valence electrons. The van der Waals surface area contributed by atoms with E-state index in [1.165, 1.54) is 0 Å². The zero-order chi connectivity index (χ0) is 13.8. The van der Waals surface area contributed by atoms with Crippen LogP contribution in [0.5, 0.6) is 0 Å². The maximum atomic E-state index is 12.2. The molecule has 4 nitrogen and oxygen atoms in total. The lowest BCUT2D eigenvalue weighted by Gasteiger charge is -2.26. The molecule has 2 saturated heterocycles. The van der Waals surface area contributed by atoms with Gasteiger partial charge < -0.3 is 14.2 Å². The van der Waals surface area contributed by atoms with Crippen molar-refractivity contribution in [1.29, 1.82) is 0 Å². The molecule has 0 aromatic carbocycles. The third-order valence-corrected chi connectivity index (χ3v) is 4.68. The normalized spacial score (nSPS) is 27.2. The van der Waals surface area contributed by atoms with Gasteiger partial charge in [0.1, 0.15) is 0 Å². The van der Waals surface area contributed by atoms with Gasteiger partial charge in [-0.25, -0.2) is 0 Å². The van der Waals surface area contributed by atoms with Gasteiger partial charge in [0.15, 0.2) is 0 Å². The van der Waals surface area contributed by atoms with Gasteiger partial charge in [0.25, 0.3) is 0 Å². The molecule has 2 aliphatic rings. The summed E-state index contributed by atoms with van der Waals surface area (Å²) in [6.07, 6.45) is 10.1. The zero-order valence-electron chi connectivity index (χ0n) is 12.1. The molecule has 1 aromatic rings. The first-order chi connectivity index (χ1) is 9.77. The second kappa shape index (κ2) is 6.00. The summed E-state index contributed by atoms with van der Waals surface area (Å²) < 4.78 is 8.11. The first-order valence-corrected chi connectivity index (χ1v) is 7.80. The Hall–Kier alpha value is -1.29. The third-order valence-electron chi connectivity index (χ3n) is 4.68. The Morgan fingerprint density at radius 1 is 1.15 bits per heavy atom. The van der Waals surface area contributed by atoms with E-state index in [1.807, 2.05) is 17.0 Å². The highest BCUT2D eigenvalue weighted by Crippen LogP contribution is 2.35. The minimum atomic E-state index is 0.0187. The number of rotatable bonds is 4. The number of carbonyl (C=O) groups is 1. The van der Waals surface area contributed by atoms with Gasteiger partial charge >= 0.3 is 0 Å². The molecule has 3 rings (SSSR count). The Kier molecular flexibility index (Phi) is 4.10. The Balaban J connectivity index is 1.50. The molecule has 0 bridgehead atoms. The van der Waals surface area contributed by atoms with Crippen LogP contribution in [-0.2, 0) is 16.1 Å². The highest BCUT2D eigenvalue weighted by atomic mass is 16.5. The van der Waals surface area contributed by atoms with Crippen LogP contribution in [0.1, 0.15) is 38.5 Å². The molecule has 0 aliphatic carbocycles. The van der Waals surface area contributed by atoms with E-state index in [9.17, 15) is 4.79 Å². The minimum Gasteiger partial charge on any atom is -0.375 e. The number of nitrogens with zero attached hydrogens (tertiary/aromatic N) is 2. The average Bonchev–Trinajstić information content (AvgIpc) is 3.09. The molecule has 2 aliphatic heterocycles. The summed E-state index contributed by atoms with van der Waals surface area (Å²) in [7, 11) is 0. The van der Waals surface area contributed by atoms with E-state index < -0.39 is 0 Å².